The van der Waals surface area contributed by atoms with E-state index in [1.54, 1.807) is 0 Å². The van der Waals surface area contributed by atoms with Crippen molar-refractivity contribution in [3.05, 3.63) is 49.1 Å². The van der Waals surface area contributed by atoms with E-state index in [0.29, 0.717) is 11.8 Å². The fraction of sp³-hybridized carbons (Fsp3) is 0.674. The van der Waals surface area contributed by atoms with Crippen LogP contribution in [0.1, 0.15) is 140 Å². The van der Waals surface area contributed by atoms with Crippen LogP contribution in [0, 0.1) is 47.3 Å². The monoisotopic (exact) mass is 776 g/mol. The van der Waals surface area contributed by atoms with Gasteiger partial charge in [-0.05, 0) is 131 Å². The SMILES string of the molecule is C=CC(=O)OCC(COC(=O)c1cc(OC(=O)C2CCC(C3CCC(CC)CC3)CC2)ccc1OC(=O)C1CCC(C2CCC(CC)CC2)CC1)OC(=O)C=C. The van der Waals surface area contributed by atoms with Gasteiger partial charge in [0.2, 0.25) is 0 Å². The summed E-state index contributed by atoms with van der Waals surface area (Å²) in [5, 5.41) is 0. The summed E-state index contributed by atoms with van der Waals surface area (Å²) in [7, 11) is 0. The minimum atomic E-state index is -1.15. The van der Waals surface area contributed by atoms with E-state index in [9.17, 15) is 24.0 Å². The van der Waals surface area contributed by atoms with Crippen LogP contribution < -0.4 is 9.47 Å². The van der Waals surface area contributed by atoms with Gasteiger partial charge in [0, 0.05) is 12.2 Å². The highest BCUT2D eigenvalue weighted by atomic mass is 16.6. The molecule has 5 rings (SSSR count). The first kappa shape index (κ1) is 43.2. The Morgan fingerprint density at radius 1 is 0.607 bits per heavy atom. The summed E-state index contributed by atoms with van der Waals surface area (Å²) < 4.78 is 27.5. The topological polar surface area (TPSA) is 132 Å². The molecule has 0 radical (unpaired) electrons. The molecule has 56 heavy (non-hydrogen) atoms. The molecule has 0 amide bonds. The van der Waals surface area contributed by atoms with Crippen LogP contribution in [0.3, 0.4) is 0 Å². The predicted molar refractivity (Wildman–Crippen MR) is 212 cm³/mol. The summed E-state index contributed by atoms with van der Waals surface area (Å²) in [4.78, 5) is 64.3. The molecule has 0 N–H and O–H groups in total. The first-order chi connectivity index (χ1) is 27.1. The third-order valence-electron chi connectivity index (χ3n) is 13.5. The van der Waals surface area contributed by atoms with Crippen molar-refractivity contribution in [2.75, 3.05) is 13.2 Å². The standard InChI is InChI=1S/C46H64O10/c1-5-30-9-13-32(14-10-30)34-17-21-36(22-18-34)44(49)55-38-25-26-41(40(27-38)46(51)53-29-39(54-43(48)8-4)28-52-42(47)7-3)56-45(50)37-23-19-35(20-24-37)33-15-11-31(6-2)12-16-33/h7-8,25-27,30-37,39H,3-6,9-24,28-29H2,1-2H3. The van der Waals surface area contributed by atoms with Crippen molar-refractivity contribution in [1.29, 1.82) is 0 Å². The van der Waals surface area contributed by atoms with Crippen LogP contribution in [0.4, 0.5) is 0 Å². The van der Waals surface area contributed by atoms with Gasteiger partial charge in [0.1, 0.15) is 30.3 Å². The highest BCUT2D eigenvalue weighted by molar-refractivity contribution is 5.94. The van der Waals surface area contributed by atoms with Crippen LogP contribution in [0.25, 0.3) is 0 Å². The highest BCUT2D eigenvalue weighted by Gasteiger charge is 2.36. The van der Waals surface area contributed by atoms with Crippen LogP contribution >= 0.6 is 0 Å². The molecule has 1 atom stereocenters. The smallest absolute Gasteiger partial charge is 0.342 e. The fourth-order valence-electron chi connectivity index (χ4n) is 9.81. The molecule has 1 unspecified atom stereocenters. The number of hydrogen-bond acceptors (Lipinski definition) is 10. The summed E-state index contributed by atoms with van der Waals surface area (Å²) >= 11 is 0. The first-order valence-corrected chi connectivity index (χ1v) is 21.5. The van der Waals surface area contributed by atoms with Gasteiger partial charge in [0.05, 0.1) is 11.8 Å². The number of carbonyl (C=O) groups excluding carboxylic acids is 5. The molecular weight excluding hydrogens is 712 g/mol. The second-order valence-corrected chi connectivity index (χ2v) is 16.8. The molecule has 4 aliphatic rings. The van der Waals surface area contributed by atoms with E-state index in [1.807, 2.05) is 0 Å². The van der Waals surface area contributed by atoms with Gasteiger partial charge in [-0.3, -0.25) is 9.59 Å². The van der Waals surface area contributed by atoms with Gasteiger partial charge in [-0.15, -0.1) is 0 Å². The third kappa shape index (κ3) is 12.3. The Balaban J connectivity index is 1.23. The minimum Gasteiger partial charge on any atom is -0.458 e. The van der Waals surface area contributed by atoms with Crippen LogP contribution in [0.5, 0.6) is 11.5 Å². The largest absolute Gasteiger partial charge is 0.458 e. The number of rotatable bonds is 16. The number of hydrogen-bond donors (Lipinski definition) is 0. The fourth-order valence-corrected chi connectivity index (χ4v) is 9.81. The van der Waals surface area contributed by atoms with Crippen LogP contribution in [0.2, 0.25) is 0 Å². The quantitative estimate of drug-likeness (QED) is 0.0692. The summed E-state index contributed by atoms with van der Waals surface area (Å²) in [6.07, 6.45) is 20.6. The normalized spacial score (nSPS) is 28.5. The molecule has 1 aromatic rings. The van der Waals surface area contributed by atoms with Crippen molar-refractivity contribution < 1.29 is 47.7 Å². The van der Waals surface area contributed by atoms with Crippen molar-refractivity contribution in [2.45, 2.75) is 136 Å². The van der Waals surface area contributed by atoms with Crippen LogP contribution in [-0.4, -0.2) is 49.2 Å². The molecule has 4 saturated carbocycles. The van der Waals surface area contributed by atoms with Crippen molar-refractivity contribution in [3.8, 4) is 11.5 Å². The lowest BCUT2D eigenvalue weighted by molar-refractivity contribution is -0.155. The lowest BCUT2D eigenvalue weighted by Gasteiger charge is -2.37. The molecule has 4 aliphatic carbocycles. The Hall–Kier alpha value is -3.95. The van der Waals surface area contributed by atoms with Gasteiger partial charge >= 0.3 is 29.8 Å². The van der Waals surface area contributed by atoms with Gasteiger partial charge in [-0.1, -0.05) is 65.5 Å². The van der Waals surface area contributed by atoms with Gasteiger partial charge in [0.15, 0.2) is 6.10 Å². The lowest BCUT2D eigenvalue weighted by atomic mass is 9.69. The molecule has 0 aromatic heterocycles. The van der Waals surface area contributed by atoms with E-state index in [0.717, 1.165) is 87.2 Å². The molecule has 10 nitrogen and oxygen atoms in total. The molecule has 0 saturated heterocycles. The number of benzene rings is 1. The van der Waals surface area contributed by atoms with Crippen LogP contribution in [0.15, 0.2) is 43.5 Å². The molecule has 0 bridgehead atoms. The summed E-state index contributed by atoms with van der Waals surface area (Å²) in [5.41, 5.74) is -0.117. The maximum Gasteiger partial charge on any atom is 0.342 e. The van der Waals surface area contributed by atoms with E-state index in [-0.39, 0.29) is 34.9 Å². The van der Waals surface area contributed by atoms with Gasteiger partial charge in [-0.2, -0.15) is 0 Å². The van der Waals surface area contributed by atoms with Crippen molar-refractivity contribution >= 4 is 29.8 Å². The second-order valence-electron chi connectivity index (χ2n) is 16.8. The Labute approximate surface area is 333 Å². The molecule has 0 spiro atoms. The van der Waals surface area contributed by atoms with E-state index in [4.69, 9.17) is 23.7 Å². The van der Waals surface area contributed by atoms with E-state index in [2.05, 4.69) is 27.0 Å². The molecular formula is C46H64O10. The summed E-state index contributed by atoms with van der Waals surface area (Å²) in [5.74, 6) is 0.831. The van der Waals surface area contributed by atoms with Gasteiger partial charge in [0.25, 0.3) is 0 Å². The predicted octanol–water partition coefficient (Wildman–Crippen LogP) is 9.53. The molecule has 10 heteroatoms. The van der Waals surface area contributed by atoms with Crippen molar-refractivity contribution in [1.82, 2.24) is 0 Å². The number of carbonyl (C=O) groups is 5. The maximum atomic E-state index is 13.7. The average molecular weight is 777 g/mol. The molecule has 0 heterocycles. The second kappa shape index (κ2) is 21.5. The third-order valence-corrected chi connectivity index (χ3v) is 13.5. The van der Waals surface area contributed by atoms with Crippen molar-refractivity contribution in [2.24, 2.45) is 47.3 Å². The molecule has 4 fully saturated rings. The Kier molecular flexibility index (Phi) is 16.6. The lowest BCUT2D eigenvalue weighted by Crippen LogP contribution is -2.31. The van der Waals surface area contributed by atoms with E-state index >= 15 is 0 Å². The zero-order chi connectivity index (χ0) is 40.0. The Morgan fingerprint density at radius 3 is 1.52 bits per heavy atom. The highest BCUT2D eigenvalue weighted by Crippen LogP contribution is 2.44. The summed E-state index contributed by atoms with van der Waals surface area (Å²) in [6, 6.07) is 4.34. The van der Waals surface area contributed by atoms with E-state index < -0.39 is 43.2 Å². The zero-order valence-corrected chi connectivity index (χ0v) is 33.7. The number of ether oxygens (including phenoxy) is 5. The van der Waals surface area contributed by atoms with Crippen molar-refractivity contribution in [3.63, 3.8) is 0 Å². The molecule has 308 valence electrons. The number of esters is 5. The first-order valence-electron chi connectivity index (χ1n) is 21.5. The van der Waals surface area contributed by atoms with Crippen LogP contribution in [-0.2, 0) is 33.4 Å². The summed E-state index contributed by atoms with van der Waals surface area (Å²) in [6.45, 7) is 10.4. The maximum absolute atomic E-state index is 13.7. The Bertz CT molecular complexity index is 1500. The Morgan fingerprint density at radius 2 is 1.05 bits per heavy atom. The van der Waals surface area contributed by atoms with E-state index in [1.165, 1.54) is 82.4 Å². The average Bonchev–Trinajstić information content (AvgIpc) is 3.24. The minimum absolute atomic E-state index is 0.0177. The molecule has 0 aliphatic heterocycles. The van der Waals surface area contributed by atoms with Gasteiger partial charge < -0.3 is 23.7 Å². The van der Waals surface area contributed by atoms with Gasteiger partial charge in [-0.25, -0.2) is 14.4 Å². The molecule has 1 aromatic carbocycles. The zero-order valence-electron chi connectivity index (χ0n) is 33.7.